The minimum atomic E-state index is -2.19. The molecule has 6 aromatic carbocycles. The monoisotopic (exact) mass is 685 g/mol. The number of nitrogens with zero attached hydrogens (tertiary/aromatic N) is 3. The molecule has 0 saturated carbocycles. The largest absolute Gasteiger partial charge is 0.484 e. The fraction of sp³-hybridized carbons (Fsp3) is 0.0851. The molecule has 5 heteroatoms. The van der Waals surface area contributed by atoms with Crippen molar-refractivity contribution in [3.63, 3.8) is 0 Å². The second kappa shape index (κ2) is 12.0. The summed E-state index contributed by atoms with van der Waals surface area (Å²) in [5.74, 6) is 2.89. The maximum Gasteiger partial charge on any atom is 0.167 e. The lowest BCUT2D eigenvalue weighted by Gasteiger charge is -2.23. The first-order valence-corrected chi connectivity index (χ1v) is 21.0. The van der Waals surface area contributed by atoms with E-state index in [-0.39, 0.29) is 12.0 Å². The normalized spacial score (nSPS) is 17.2. The molecule has 0 amide bonds. The van der Waals surface area contributed by atoms with Crippen molar-refractivity contribution in [2.75, 3.05) is 0 Å². The number of aromatic nitrogens is 3. The van der Waals surface area contributed by atoms with E-state index in [9.17, 15) is 0 Å². The van der Waals surface area contributed by atoms with Crippen LogP contribution >= 0.6 is 0 Å². The molecule has 1 aromatic heterocycles. The Kier molecular flexibility index (Phi) is 7.05. The molecule has 2 unspecified atom stereocenters. The van der Waals surface area contributed by atoms with Gasteiger partial charge in [0.2, 0.25) is 0 Å². The van der Waals surface area contributed by atoms with Gasteiger partial charge in [-0.3, -0.25) is 0 Å². The van der Waals surface area contributed by atoms with Gasteiger partial charge in [-0.15, -0.1) is 0 Å². The van der Waals surface area contributed by atoms with Gasteiger partial charge >= 0.3 is 0 Å². The molecule has 0 spiro atoms. The van der Waals surface area contributed by atoms with E-state index in [0.29, 0.717) is 17.5 Å². The van der Waals surface area contributed by atoms with Gasteiger partial charge in [-0.05, 0) is 55.9 Å². The lowest BCUT2D eigenvalue weighted by Crippen LogP contribution is -2.50. The summed E-state index contributed by atoms with van der Waals surface area (Å²) in [6.07, 6.45) is 8.52. The second-order valence-electron chi connectivity index (χ2n) is 14.3. The molecule has 4 nitrogen and oxygen atoms in total. The summed E-state index contributed by atoms with van der Waals surface area (Å²) < 4.78 is 6.83. The molecule has 0 radical (unpaired) electrons. The lowest BCUT2D eigenvalue weighted by atomic mass is 9.85. The molecule has 7 aromatic rings. The molecule has 1 aliphatic carbocycles. The number of ether oxygens (including phenoxy) is 1. The van der Waals surface area contributed by atoms with Crippen molar-refractivity contribution in [1.29, 1.82) is 0 Å². The highest BCUT2D eigenvalue weighted by atomic mass is 28.3. The van der Waals surface area contributed by atoms with Crippen LogP contribution in [0.15, 0.2) is 164 Å². The molecular formula is C47H35N3OSi. The summed E-state index contributed by atoms with van der Waals surface area (Å²) in [6, 6.07) is 49.4. The maximum absolute atomic E-state index is 6.83. The van der Waals surface area contributed by atoms with Crippen molar-refractivity contribution >= 4 is 18.4 Å². The third-order valence-electron chi connectivity index (χ3n) is 10.9. The predicted molar refractivity (Wildman–Crippen MR) is 215 cm³/mol. The van der Waals surface area contributed by atoms with E-state index in [1.165, 1.54) is 49.3 Å². The SMILES string of the molecule is C[Si]1(C)c2ccccc2-c2c(-c3ccccc3)ccc(-c3nc(-c4ccccc4)nc(-c4ccc(-c5ccccc5)c5c4OC4C=CC=CC54)n3)c21. The van der Waals surface area contributed by atoms with Gasteiger partial charge in [0.25, 0.3) is 0 Å². The van der Waals surface area contributed by atoms with Crippen LogP contribution in [0, 0.1) is 0 Å². The van der Waals surface area contributed by atoms with Crippen LogP contribution in [0.3, 0.4) is 0 Å². The highest BCUT2D eigenvalue weighted by molar-refractivity contribution is 7.04. The van der Waals surface area contributed by atoms with E-state index in [1.54, 1.807) is 0 Å². The molecule has 0 fully saturated rings. The van der Waals surface area contributed by atoms with Crippen LogP contribution in [0.2, 0.25) is 13.1 Å². The van der Waals surface area contributed by atoms with Gasteiger partial charge in [0.1, 0.15) is 19.9 Å². The Morgan fingerprint density at radius 3 is 1.75 bits per heavy atom. The zero-order valence-corrected chi connectivity index (χ0v) is 30.0. The molecule has 0 bridgehead atoms. The molecule has 52 heavy (non-hydrogen) atoms. The van der Waals surface area contributed by atoms with Gasteiger partial charge in [0.05, 0.1) is 5.56 Å². The topological polar surface area (TPSA) is 47.9 Å². The average molecular weight is 686 g/mol. The van der Waals surface area contributed by atoms with Crippen molar-refractivity contribution in [1.82, 2.24) is 15.0 Å². The molecule has 248 valence electrons. The van der Waals surface area contributed by atoms with Crippen molar-refractivity contribution in [3.8, 4) is 73.3 Å². The summed E-state index contributed by atoms with van der Waals surface area (Å²) in [6.45, 7) is 4.92. The van der Waals surface area contributed by atoms with E-state index < -0.39 is 8.07 Å². The van der Waals surface area contributed by atoms with E-state index in [2.05, 4.69) is 159 Å². The van der Waals surface area contributed by atoms with Gasteiger partial charge in [-0.1, -0.05) is 165 Å². The highest BCUT2D eigenvalue weighted by Gasteiger charge is 2.42. The first-order chi connectivity index (χ1) is 25.6. The summed E-state index contributed by atoms with van der Waals surface area (Å²) >= 11 is 0. The maximum atomic E-state index is 6.83. The minimum absolute atomic E-state index is 0.0855. The van der Waals surface area contributed by atoms with Crippen molar-refractivity contribution < 1.29 is 4.74 Å². The third kappa shape index (κ3) is 4.77. The summed E-state index contributed by atoms with van der Waals surface area (Å²) in [5.41, 5.74) is 11.5. The van der Waals surface area contributed by atoms with E-state index in [0.717, 1.165) is 22.4 Å². The Bertz CT molecular complexity index is 2580. The quantitative estimate of drug-likeness (QED) is 0.169. The smallest absolute Gasteiger partial charge is 0.167 e. The molecule has 3 heterocycles. The highest BCUT2D eigenvalue weighted by Crippen LogP contribution is 2.50. The molecule has 10 rings (SSSR count). The molecule has 0 saturated heterocycles. The second-order valence-corrected chi connectivity index (χ2v) is 18.6. The van der Waals surface area contributed by atoms with E-state index in [4.69, 9.17) is 19.7 Å². The first-order valence-electron chi connectivity index (χ1n) is 18.0. The number of rotatable bonds is 5. The van der Waals surface area contributed by atoms with Crippen LogP contribution < -0.4 is 15.1 Å². The Labute approximate surface area is 304 Å². The van der Waals surface area contributed by atoms with Crippen LogP contribution in [0.1, 0.15) is 11.5 Å². The van der Waals surface area contributed by atoms with Crippen LogP contribution in [0.4, 0.5) is 0 Å². The Morgan fingerprint density at radius 1 is 0.481 bits per heavy atom. The number of hydrogen-bond donors (Lipinski definition) is 0. The van der Waals surface area contributed by atoms with Crippen molar-refractivity contribution in [3.05, 3.63) is 169 Å². The van der Waals surface area contributed by atoms with Gasteiger partial charge < -0.3 is 4.74 Å². The zero-order valence-electron chi connectivity index (χ0n) is 29.0. The van der Waals surface area contributed by atoms with Crippen molar-refractivity contribution in [2.45, 2.75) is 25.1 Å². The standard InChI is InChI=1S/C47H35N3OSi/c1-52(2)40-25-15-13-23-36(40)42-34(31-18-8-4-9-19-31)27-29-38(44(42)52)47-49-45(32-20-10-5-11-21-32)48-46(50-47)37-28-26-33(30-16-6-3-7-17-30)41-35-22-12-14-24-39(35)51-43(37)41/h3-29,35,39H,1-2H3. The molecule has 0 N–H and O–H groups in total. The lowest BCUT2D eigenvalue weighted by molar-refractivity contribution is 0.269. The summed E-state index contributed by atoms with van der Waals surface area (Å²) in [7, 11) is -2.19. The molecule has 2 atom stereocenters. The fourth-order valence-electron chi connectivity index (χ4n) is 8.49. The summed E-state index contributed by atoms with van der Waals surface area (Å²) in [5, 5.41) is 2.81. The van der Waals surface area contributed by atoms with Crippen LogP contribution in [-0.4, -0.2) is 29.1 Å². The fourth-order valence-corrected chi connectivity index (χ4v) is 11.9. The van der Waals surface area contributed by atoms with Crippen LogP contribution in [0.5, 0.6) is 5.75 Å². The first kappa shape index (κ1) is 30.6. The van der Waals surface area contributed by atoms with Crippen LogP contribution in [-0.2, 0) is 0 Å². The average Bonchev–Trinajstić information content (AvgIpc) is 3.71. The van der Waals surface area contributed by atoms with Gasteiger partial charge in [-0.25, -0.2) is 15.0 Å². The number of fused-ring (bicyclic) bond motifs is 6. The number of allylic oxidation sites excluding steroid dienone is 2. The van der Waals surface area contributed by atoms with E-state index in [1.807, 2.05) is 18.2 Å². The Morgan fingerprint density at radius 2 is 1.02 bits per heavy atom. The van der Waals surface area contributed by atoms with Crippen molar-refractivity contribution in [2.24, 2.45) is 0 Å². The van der Waals surface area contributed by atoms with Gasteiger partial charge in [0, 0.05) is 22.6 Å². The number of benzene rings is 6. The minimum Gasteiger partial charge on any atom is -0.484 e. The number of hydrogen-bond acceptors (Lipinski definition) is 4. The van der Waals surface area contributed by atoms with Gasteiger partial charge in [-0.2, -0.15) is 0 Å². The Balaban J connectivity index is 1.23. The Hall–Kier alpha value is -6.17. The predicted octanol–water partition coefficient (Wildman–Crippen LogP) is 9.98. The molecule has 3 aliphatic rings. The summed E-state index contributed by atoms with van der Waals surface area (Å²) in [4.78, 5) is 15.9. The zero-order chi connectivity index (χ0) is 34.8. The molecular weight excluding hydrogens is 651 g/mol. The van der Waals surface area contributed by atoms with Gasteiger partial charge in [0.15, 0.2) is 17.5 Å². The molecule has 2 aliphatic heterocycles. The van der Waals surface area contributed by atoms with Crippen LogP contribution in [0.25, 0.3) is 67.5 Å². The van der Waals surface area contributed by atoms with E-state index >= 15 is 0 Å². The third-order valence-corrected chi connectivity index (χ3v) is 14.4.